The fraction of sp³-hybridized carbons (Fsp3) is 0.667. The van der Waals surface area contributed by atoms with E-state index in [0.717, 1.165) is 50.3 Å². The number of methoxy groups -OCH3 is 1. The Kier molecular flexibility index (Phi) is 6.63. The van der Waals surface area contributed by atoms with Crippen LogP contribution in [0.25, 0.3) is 0 Å². The molecule has 0 amide bonds. The topological polar surface area (TPSA) is 35.5 Å². The number of esters is 1. The molecule has 2 saturated carbocycles. The lowest BCUT2D eigenvalue weighted by Gasteiger charge is -2.37. The van der Waals surface area contributed by atoms with Crippen LogP contribution >= 0.6 is 0 Å². The number of carbonyl (C=O) groups is 1. The summed E-state index contributed by atoms with van der Waals surface area (Å²) in [5.74, 6) is -0.121. The highest BCUT2D eigenvalue weighted by atomic mass is 19.1. The molecule has 0 saturated heterocycles. The van der Waals surface area contributed by atoms with Crippen LogP contribution in [-0.2, 0) is 9.53 Å². The van der Waals surface area contributed by atoms with Gasteiger partial charge in [-0.3, -0.25) is 4.79 Å². The van der Waals surface area contributed by atoms with Gasteiger partial charge in [-0.25, -0.2) is 8.78 Å². The Morgan fingerprint density at radius 1 is 1.00 bits per heavy atom. The number of hydrogen-bond acceptors (Lipinski definition) is 3. The molecule has 2 aliphatic rings. The van der Waals surface area contributed by atoms with Gasteiger partial charge >= 0.3 is 5.97 Å². The third kappa shape index (κ3) is 4.81. The van der Waals surface area contributed by atoms with E-state index in [4.69, 9.17) is 9.47 Å². The molecule has 1 aromatic carbocycles. The van der Waals surface area contributed by atoms with Crippen LogP contribution in [0.2, 0.25) is 0 Å². The average Bonchev–Trinajstić information content (AvgIpc) is 2.65. The maximum Gasteiger partial charge on any atom is 0.314 e. The first-order valence-electron chi connectivity index (χ1n) is 9.72. The van der Waals surface area contributed by atoms with Crippen molar-refractivity contribution in [3.05, 3.63) is 29.8 Å². The minimum absolute atomic E-state index is 0.180. The first kappa shape index (κ1) is 19.3. The lowest BCUT2D eigenvalue weighted by atomic mass is 9.69. The van der Waals surface area contributed by atoms with E-state index in [1.165, 1.54) is 31.7 Å². The highest BCUT2D eigenvalue weighted by Gasteiger charge is 2.33. The molecule has 0 spiro atoms. The molecule has 0 atom stereocenters. The van der Waals surface area contributed by atoms with Crippen molar-refractivity contribution in [2.24, 2.45) is 23.7 Å². The van der Waals surface area contributed by atoms with Crippen molar-refractivity contribution in [3.63, 3.8) is 0 Å². The van der Waals surface area contributed by atoms with Gasteiger partial charge in [0.25, 0.3) is 0 Å². The van der Waals surface area contributed by atoms with E-state index in [2.05, 4.69) is 0 Å². The maximum atomic E-state index is 13.6. The summed E-state index contributed by atoms with van der Waals surface area (Å²) in [6.45, 7) is 0.866. The Morgan fingerprint density at radius 2 is 1.62 bits per heavy atom. The molecule has 144 valence electrons. The normalized spacial score (nSPS) is 29.3. The van der Waals surface area contributed by atoms with Gasteiger partial charge in [-0.1, -0.05) is 0 Å². The van der Waals surface area contributed by atoms with Crippen molar-refractivity contribution in [3.8, 4) is 5.75 Å². The third-order valence-electron chi connectivity index (χ3n) is 6.17. The monoisotopic (exact) mass is 366 g/mol. The second kappa shape index (κ2) is 8.94. The van der Waals surface area contributed by atoms with Gasteiger partial charge in [0.15, 0.2) is 11.6 Å². The van der Waals surface area contributed by atoms with E-state index < -0.39 is 17.6 Å². The van der Waals surface area contributed by atoms with E-state index in [9.17, 15) is 13.6 Å². The zero-order chi connectivity index (χ0) is 18.5. The van der Waals surface area contributed by atoms with Crippen molar-refractivity contribution in [1.82, 2.24) is 0 Å². The standard InChI is InChI=1S/C21H28F2O3/c1-25-13-14-2-4-15(5-3-14)16-6-8-17(9-7-16)21(24)26-20-11-10-18(22)12-19(20)23/h10-12,14-17H,2-9,13H2,1H3. The molecule has 3 rings (SSSR count). The van der Waals surface area contributed by atoms with Crippen LogP contribution in [0.5, 0.6) is 5.75 Å². The molecule has 0 N–H and O–H groups in total. The Labute approximate surface area is 154 Å². The fourth-order valence-electron chi connectivity index (χ4n) is 4.64. The molecule has 2 aliphatic carbocycles. The smallest absolute Gasteiger partial charge is 0.314 e. The minimum atomic E-state index is -0.833. The summed E-state index contributed by atoms with van der Waals surface area (Å²) in [7, 11) is 1.77. The van der Waals surface area contributed by atoms with Crippen molar-refractivity contribution >= 4 is 5.97 Å². The van der Waals surface area contributed by atoms with Crippen LogP contribution in [0.4, 0.5) is 8.78 Å². The molecule has 26 heavy (non-hydrogen) atoms. The molecule has 0 unspecified atom stereocenters. The van der Waals surface area contributed by atoms with Gasteiger partial charge in [0, 0.05) is 19.8 Å². The van der Waals surface area contributed by atoms with Gasteiger partial charge in [-0.2, -0.15) is 0 Å². The van der Waals surface area contributed by atoms with E-state index in [-0.39, 0.29) is 11.7 Å². The summed E-state index contributed by atoms with van der Waals surface area (Å²) in [5, 5.41) is 0. The van der Waals surface area contributed by atoms with Crippen molar-refractivity contribution in [1.29, 1.82) is 0 Å². The fourth-order valence-corrected chi connectivity index (χ4v) is 4.64. The van der Waals surface area contributed by atoms with E-state index in [1.807, 2.05) is 0 Å². The number of rotatable bonds is 5. The van der Waals surface area contributed by atoms with Crippen molar-refractivity contribution in [2.75, 3.05) is 13.7 Å². The van der Waals surface area contributed by atoms with E-state index in [1.54, 1.807) is 7.11 Å². The molecule has 5 heteroatoms. The van der Waals surface area contributed by atoms with Crippen molar-refractivity contribution in [2.45, 2.75) is 51.4 Å². The Bertz CT molecular complexity index is 603. The first-order valence-corrected chi connectivity index (χ1v) is 9.72. The van der Waals surface area contributed by atoms with Gasteiger partial charge < -0.3 is 9.47 Å². The maximum absolute atomic E-state index is 13.6. The Hall–Kier alpha value is -1.49. The number of carbonyl (C=O) groups excluding carboxylic acids is 1. The largest absolute Gasteiger partial charge is 0.423 e. The third-order valence-corrected chi connectivity index (χ3v) is 6.17. The lowest BCUT2D eigenvalue weighted by Crippen LogP contribution is -2.30. The molecule has 2 fully saturated rings. The summed E-state index contributed by atoms with van der Waals surface area (Å²) in [6, 6.07) is 3.01. The Morgan fingerprint density at radius 3 is 2.19 bits per heavy atom. The predicted molar refractivity (Wildman–Crippen MR) is 94.8 cm³/mol. The number of ether oxygens (including phenoxy) is 2. The SMILES string of the molecule is COCC1CCC(C2CCC(C(=O)Oc3ccc(F)cc3F)CC2)CC1. The van der Waals surface area contributed by atoms with Crippen LogP contribution in [0.3, 0.4) is 0 Å². The van der Waals surface area contributed by atoms with Crippen LogP contribution in [-0.4, -0.2) is 19.7 Å². The van der Waals surface area contributed by atoms with Crippen LogP contribution in [0, 0.1) is 35.3 Å². The number of halogens is 2. The molecule has 1 aromatic rings. The molecule has 0 bridgehead atoms. The summed E-state index contributed by atoms with van der Waals surface area (Å²) >= 11 is 0. The summed E-state index contributed by atoms with van der Waals surface area (Å²) in [6.07, 6.45) is 8.66. The van der Waals surface area contributed by atoms with Gasteiger partial charge in [0.2, 0.25) is 0 Å². The van der Waals surface area contributed by atoms with Gasteiger partial charge in [-0.05, 0) is 81.3 Å². The van der Waals surface area contributed by atoms with E-state index in [0.29, 0.717) is 11.8 Å². The van der Waals surface area contributed by atoms with Gasteiger partial charge in [0.05, 0.1) is 5.92 Å². The molecule has 0 aromatic heterocycles. The predicted octanol–water partition coefficient (Wildman–Crippen LogP) is 5.13. The molecule has 3 nitrogen and oxygen atoms in total. The van der Waals surface area contributed by atoms with Crippen LogP contribution in [0.15, 0.2) is 18.2 Å². The van der Waals surface area contributed by atoms with Gasteiger partial charge in [0.1, 0.15) is 5.82 Å². The van der Waals surface area contributed by atoms with Crippen molar-refractivity contribution < 1.29 is 23.0 Å². The number of hydrogen-bond donors (Lipinski definition) is 0. The highest BCUT2D eigenvalue weighted by molar-refractivity contribution is 5.75. The first-order chi connectivity index (χ1) is 12.6. The minimum Gasteiger partial charge on any atom is -0.423 e. The Balaban J connectivity index is 1.45. The van der Waals surface area contributed by atoms with E-state index >= 15 is 0 Å². The lowest BCUT2D eigenvalue weighted by molar-refractivity contribution is -0.140. The van der Waals surface area contributed by atoms with Gasteiger partial charge in [-0.15, -0.1) is 0 Å². The molecule has 0 heterocycles. The second-order valence-corrected chi connectivity index (χ2v) is 7.84. The quantitative estimate of drug-likeness (QED) is 0.535. The molecule has 0 aliphatic heterocycles. The molecular weight excluding hydrogens is 338 g/mol. The second-order valence-electron chi connectivity index (χ2n) is 7.84. The summed E-state index contributed by atoms with van der Waals surface area (Å²) in [4.78, 5) is 12.3. The highest BCUT2D eigenvalue weighted by Crippen LogP contribution is 2.41. The van der Waals surface area contributed by atoms with Crippen LogP contribution in [0.1, 0.15) is 51.4 Å². The zero-order valence-corrected chi connectivity index (χ0v) is 15.4. The van der Waals surface area contributed by atoms with Crippen LogP contribution < -0.4 is 4.74 Å². The molecular formula is C21H28F2O3. The summed E-state index contributed by atoms with van der Waals surface area (Å²) in [5.41, 5.74) is 0. The zero-order valence-electron chi connectivity index (χ0n) is 15.4. The number of benzene rings is 1. The molecule has 0 radical (unpaired) electrons. The summed E-state index contributed by atoms with van der Waals surface area (Å²) < 4.78 is 37.0. The average molecular weight is 366 g/mol.